The number of hydrogen-bond donors (Lipinski definition) is 1. The molecule has 1 heterocycles. The van der Waals surface area contributed by atoms with E-state index in [0.717, 1.165) is 11.8 Å². The molecule has 1 N–H and O–H groups in total. The Morgan fingerprint density at radius 1 is 1.10 bits per heavy atom. The fraction of sp³-hybridized carbons (Fsp3) is 0.933. The third-order valence-electron chi connectivity index (χ3n) is 5.79. The number of carboxylic acid groups (broad SMARTS) is 1. The maximum Gasteiger partial charge on any atom is 0.303 e. The van der Waals surface area contributed by atoms with Gasteiger partial charge in [0.05, 0.1) is 6.42 Å². The van der Waals surface area contributed by atoms with Crippen molar-refractivity contribution in [1.29, 1.82) is 0 Å². The van der Waals surface area contributed by atoms with E-state index in [1.165, 1.54) is 32.1 Å². The lowest BCUT2D eigenvalue weighted by molar-refractivity contribution is -0.388. The largest absolute Gasteiger partial charge is 0.481 e. The average Bonchev–Trinajstić information content (AvgIpc) is 2.73. The molecule has 4 bridgehead atoms. The van der Waals surface area contributed by atoms with E-state index < -0.39 is 17.5 Å². The van der Waals surface area contributed by atoms with Gasteiger partial charge in [-0.3, -0.25) is 4.79 Å². The fourth-order valence-corrected chi connectivity index (χ4v) is 5.10. The summed E-state index contributed by atoms with van der Waals surface area (Å²) in [6, 6.07) is 0. The zero-order chi connectivity index (χ0) is 14.0. The van der Waals surface area contributed by atoms with E-state index in [0.29, 0.717) is 18.3 Å². The van der Waals surface area contributed by atoms with Gasteiger partial charge in [0.15, 0.2) is 0 Å². The molecule has 5 nitrogen and oxygen atoms in total. The molecular weight excluding hydrogens is 260 g/mol. The second kappa shape index (κ2) is 4.18. The second-order valence-electron chi connectivity index (χ2n) is 7.32. The smallest absolute Gasteiger partial charge is 0.303 e. The van der Waals surface area contributed by atoms with Crippen LogP contribution in [0.25, 0.3) is 0 Å². The molecular formula is C15H22O5. The van der Waals surface area contributed by atoms with E-state index in [1.807, 2.05) is 0 Å². The zero-order valence-corrected chi connectivity index (χ0v) is 11.8. The first-order valence-corrected chi connectivity index (χ1v) is 7.78. The van der Waals surface area contributed by atoms with Crippen LogP contribution in [0.5, 0.6) is 0 Å². The van der Waals surface area contributed by atoms with Gasteiger partial charge in [0, 0.05) is 18.3 Å². The minimum absolute atomic E-state index is 0.0382. The van der Waals surface area contributed by atoms with Crippen LogP contribution in [0, 0.1) is 23.7 Å². The lowest BCUT2D eigenvalue weighted by Crippen LogP contribution is -2.59. The summed E-state index contributed by atoms with van der Waals surface area (Å²) in [6.07, 6.45) is 6.43. The van der Waals surface area contributed by atoms with Crippen molar-refractivity contribution in [2.75, 3.05) is 0 Å². The summed E-state index contributed by atoms with van der Waals surface area (Å²) in [7, 11) is 0. The van der Waals surface area contributed by atoms with Gasteiger partial charge in [-0.05, 0) is 50.9 Å². The van der Waals surface area contributed by atoms with Crippen molar-refractivity contribution < 1.29 is 24.4 Å². The van der Waals surface area contributed by atoms with Crippen LogP contribution in [0.1, 0.15) is 51.9 Å². The summed E-state index contributed by atoms with van der Waals surface area (Å²) in [4.78, 5) is 22.0. The molecule has 0 aromatic carbocycles. The number of aliphatic carboxylic acids is 1. The monoisotopic (exact) mass is 282 g/mol. The van der Waals surface area contributed by atoms with Crippen molar-refractivity contribution in [2.45, 2.75) is 63.4 Å². The molecule has 5 fully saturated rings. The van der Waals surface area contributed by atoms with E-state index in [4.69, 9.17) is 19.6 Å². The highest BCUT2D eigenvalue weighted by Gasteiger charge is 2.65. The number of carboxylic acids is 1. The Balaban J connectivity index is 1.53. The van der Waals surface area contributed by atoms with E-state index >= 15 is 0 Å². The Labute approximate surface area is 118 Å². The van der Waals surface area contributed by atoms with Crippen molar-refractivity contribution in [2.24, 2.45) is 23.7 Å². The zero-order valence-electron chi connectivity index (χ0n) is 11.8. The molecule has 1 spiro atoms. The quantitative estimate of drug-likeness (QED) is 0.806. The Kier molecular flexibility index (Phi) is 2.73. The molecule has 4 aliphatic carbocycles. The molecule has 1 aliphatic heterocycles. The Morgan fingerprint density at radius 3 is 2.25 bits per heavy atom. The van der Waals surface area contributed by atoms with E-state index in [-0.39, 0.29) is 6.42 Å². The molecule has 0 aromatic rings. The van der Waals surface area contributed by atoms with Crippen molar-refractivity contribution in [3.8, 4) is 0 Å². The molecule has 5 heteroatoms. The first kappa shape index (κ1) is 13.0. The molecule has 0 unspecified atom stereocenters. The van der Waals surface area contributed by atoms with Gasteiger partial charge in [0.25, 0.3) is 0 Å². The molecule has 5 rings (SSSR count). The van der Waals surface area contributed by atoms with Gasteiger partial charge in [0.2, 0.25) is 11.6 Å². The first-order valence-electron chi connectivity index (χ1n) is 7.78. The number of ether oxygens (including phenoxy) is 1. The number of carbonyl (C=O) groups is 1. The maximum atomic E-state index is 10.8. The summed E-state index contributed by atoms with van der Waals surface area (Å²) >= 11 is 0. The first-order chi connectivity index (χ1) is 9.49. The maximum absolute atomic E-state index is 10.8. The highest BCUT2D eigenvalue weighted by molar-refractivity contribution is 5.66. The number of hydrogen-bond acceptors (Lipinski definition) is 4. The predicted molar refractivity (Wildman–Crippen MR) is 68.3 cm³/mol. The van der Waals surface area contributed by atoms with Gasteiger partial charge in [-0.25, -0.2) is 0 Å². The second-order valence-corrected chi connectivity index (χ2v) is 7.32. The van der Waals surface area contributed by atoms with E-state index in [9.17, 15) is 4.79 Å². The van der Waals surface area contributed by atoms with Crippen molar-refractivity contribution in [3.05, 3.63) is 0 Å². The molecule has 20 heavy (non-hydrogen) atoms. The molecule has 0 aromatic heterocycles. The molecule has 4 saturated carbocycles. The van der Waals surface area contributed by atoms with E-state index in [1.54, 1.807) is 6.92 Å². The van der Waals surface area contributed by atoms with Crippen molar-refractivity contribution in [3.63, 3.8) is 0 Å². The summed E-state index contributed by atoms with van der Waals surface area (Å²) in [5.41, 5.74) is 0. The Morgan fingerprint density at radius 2 is 1.70 bits per heavy atom. The summed E-state index contributed by atoms with van der Waals surface area (Å²) in [5.74, 6) is 0.178. The number of rotatable bonds is 3. The SMILES string of the molecule is C[C@]1(CCC(=O)O)OOC2(O1)C1CC3CC(C1)CC2C3. The molecule has 0 amide bonds. The summed E-state index contributed by atoms with van der Waals surface area (Å²) in [5, 5.41) is 8.84. The molecule has 112 valence electrons. The van der Waals surface area contributed by atoms with Crippen LogP contribution in [0.3, 0.4) is 0 Å². The highest BCUT2D eigenvalue weighted by atomic mass is 17.3. The predicted octanol–water partition coefficient (Wildman–Crippen LogP) is 2.70. The standard InChI is InChI=1S/C15H22O5/c1-14(3-2-13(16)17)18-15(20-19-14)11-5-9-4-10(7-11)8-12(15)6-9/h9-12H,2-8H2,1H3,(H,16,17)/t9?,10?,11?,12?,14-,15?/m1/s1. The summed E-state index contributed by atoms with van der Waals surface area (Å²) in [6.45, 7) is 1.80. The van der Waals surface area contributed by atoms with Gasteiger partial charge in [-0.1, -0.05) is 0 Å². The van der Waals surface area contributed by atoms with E-state index in [2.05, 4.69) is 0 Å². The molecule has 0 radical (unpaired) electrons. The van der Waals surface area contributed by atoms with Gasteiger partial charge in [-0.15, -0.1) is 0 Å². The van der Waals surface area contributed by atoms with Crippen LogP contribution in [0.15, 0.2) is 0 Å². The molecule has 1 saturated heterocycles. The third kappa shape index (κ3) is 1.83. The van der Waals surface area contributed by atoms with Gasteiger partial charge in [-0.2, -0.15) is 9.78 Å². The minimum atomic E-state index is -0.909. The third-order valence-corrected chi connectivity index (χ3v) is 5.79. The lowest BCUT2D eigenvalue weighted by Gasteiger charge is -2.57. The van der Waals surface area contributed by atoms with Crippen LogP contribution in [0.2, 0.25) is 0 Å². The molecule has 1 atom stereocenters. The van der Waals surface area contributed by atoms with Crippen LogP contribution < -0.4 is 0 Å². The van der Waals surface area contributed by atoms with Gasteiger partial charge in [0.1, 0.15) is 0 Å². The Bertz CT molecular complexity index is 406. The van der Waals surface area contributed by atoms with Crippen LogP contribution in [0.4, 0.5) is 0 Å². The van der Waals surface area contributed by atoms with Gasteiger partial charge < -0.3 is 9.84 Å². The molecule has 5 aliphatic rings. The fourth-order valence-electron chi connectivity index (χ4n) is 5.10. The lowest BCUT2D eigenvalue weighted by atomic mass is 9.53. The van der Waals surface area contributed by atoms with Crippen molar-refractivity contribution in [1.82, 2.24) is 0 Å². The average molecular weight is 282 g/mol. The minimum Gasteiger partial charge on any atom is -0.481 e. The topological polar surface area (TPSA) is 65.0 Å². The summed E-state index contributed by atoms with van der Waals surface area (Å²) < 4.78 is 6.26. The highest BCUT2D eigenvalue weighted by Crippen LogP contribution is 2.62. The van der Waals surface area contributed by atoms with Gasteiger partial charge >= 0.3 is 5.97 Å². The van der Waals surface area contributed by atoms with Crippen LogP contribution in [-0.2, 0) is 19.3 Å². The van der Waals surface area contributed by atoms with Crippen LogP contribution >= 0.6 is 0 Å². The Hall–Kier alpha value is -0.650. The van der Waals surface area contributed by atoms with Crippen LogP contribution in [-0.4, -0.2) is 22.7 Å². The van der Waals surface area contributed by atoms with Crippen molar-refractivity contribution >= 4 is 5.97 Å². The normalized spacial score (nSPS) is 52.9.